The molecule has 0 spiro atoms. The fourth-order valence-electron chi connectivity index (χ4n) is 3.21. The number of carbonyl (C=O) groups excluding carboxylic acids is 1. The molecule has 0 aromatic heterocycles. The van der Waals surface area contributed by atoms with Gasteiger partial charge < -0.3 is 5.11 Å². The molecule has 0 heterocycles. The first-order chi connectivity index (χ1) is 11.8. The van der Waals surface area contributed by atoms with E-state index in [-0.39, 0.29) is 12.0 Å². The molecule has 0 radical (unpaired) electrons. The molecule has 6 heteroatoms. The maximum absolute atomic E-state index is 12.4. The van der Waals surface area contributed by atoms with Crippen molar-refractivity contribution in [2.24, 2.45) is 5.92 Å². The van der Waals surface area contributed by atoms with Crippen molar-refractivity contribution in [3.05, 3.63) is 47.5 Å². The summed E-state index contributed by atoms with van der Waals surface area (Å²) < 4.78 is 37.2. The predicted molar refractivity (Wildman–Crippen MR) is 87.5 cm³/mol. The molecule has 2 rings (SSSR count). The van der Waals surface area contributed by atoms with E-state index in [1.165, 1.54) is 12.1 Å². The second kappa shape index (κ2) is 8.32. The van der Waals surface area contributed by atoms with E-state index < -0.39 is 17.9 Å². The minimum atomic E-state index is -4.84. The molecule has 1 aromatic carbocycles. The third-order valence-electron chi connectivity index (χ3n) is 4.61. The summed E-state index contributed by atoms with van der Waals surface area (Å²) in [5, 5.41) is 8.59. The Balaban J connectivity index is 1.86. The van der Waals surface area contributed by atoms with Crippen LogP contribution in [0.2, 0.25) is 0 Å². The van der Waals surface area contributed by atoms with Gasteiger partial charge in [-0.1, -0.05) is 36.4 Å². The van der Waals surface area contributed by atoms with Gasteiger partial charge in [-0.25, -0.2) is 0 Å². The van der Waals surface area contributed by atoms with Crippen molar-refractivity contribution >= 4 is 11.8 Å². The number of hydrogen-bond donors (Lipinski definition) is 1. The van der Waals surface area contributed by atoms with Crippen LogP contribution in [0.4, 0.5) is 13.2 Å². The predicted octanol–water partition coefficient (Wildman–Crippen LogP) is 5.13. The van der Waals surface area contributed by atoms with Gasteiger partial charge in [0.25, 0.3) is 5.78 Å². The number of halogens is 3. The fraction of sp³-hybridized carbons (Fsp3) is 0.474. The molecular formula is C19H21F3O3. The number of benzene rings is 1. The van der Waals surface area contributed by atoms with Gasteiger partial charge in [0.1, 0.15) is 0 Å². The minimum absolute atomic E-state index is 0.134. The standard InChI is InChI=1S/C19H21F3O3/c20-19(21,22)18(25)16-11-9-15(10-12-16)14-7-5-13(6-8-14)3-1-2-4-17(23)24/h1,3,9-14H,2,4-8H2,(H,23,24)/t13-,14-. The van der Waals surface area contributed by atoms with Gasteiger partial charge in [0.15, 0.2) is 0 Å². The number of carbonyl (C=O) groups is 2. The van der Waals surface area contributed by atoms with Crippen molar-refractivity contribution in [1.82, 2.24) is 0 Å². The molecule has 136 valence electrons. The van der Waals surface area contributed by atoms with Gasteiger partial charge >= 0.3 is 12.1 Å². The van der Waals surface area contributed by atoms with Gasteiger partial charge in [-0.05, 0) is 49.5 Å². The maximum Gasteiger partial charge on any atom is 0.454 e. The lowest BCUT2D eigenvalue weighted by Crippen LogP contribution is -2.22. The lowest BCUT2D eigenvalue weighted by Gasteiger charge is -2.27. The lowest BCUT2D eigenvalue weighted by molar-refractivity contribution is -0.136. The SMILES string of the molecule is O=C(O)CCC=C[C@H]1CC[C@H](c2ccc(C(=O)C(F)(F)F)cc2)CC1. The van der Waals surface area contributed by atoms with Gasteiger partial charge in [-0.15, -0.1) is 0 Å². The van der Waals surface area contributed by atoms with Crippen LogP contribution in [0.1, 0.15) is 60.4 Å². The number of Topliss-reactive ketones (excluding diaryl/α,β-unsaturated/α-hetero) is 1. The molecule has 25 heavy (non-hydrogen) atoms. The fourth-order valence-corrected chi connectivity index (χ4v) is 3.21. The van der Waals surface area contributed by atoms with E-state index in [0.717, 1.165) is 31.2 Å². The molecule has 0 amide bonds. The highest BCUT2D eigenvalue weighted by molar-refractivity contribution is 6.00. The zero-order chi connectivity index (χ0) is 18.4. The van der Waals surface area contributed by atoms with Crippen LogP contribution in [0.5, 0.6) is 0 Å². The number of hydrogen-bond acceptors (Lipinski definition) is 2. The molecule has 0 saturated heterocycles. The van der Waals surface area contributed by atoms with Crippen molar-refractivity contribution < 1.29 is 27.9 Å². The van der Waals surface area contributed by atoms with E-state index in [1.54, 1.807) is 12.1 Å². The van der Waals surface area contributed by atoms with E-state index in [2.05, 4.69) is 6.08 Å². The molecule has 3 nitrogen and oxygen atoms in total. The number of carboxylic acids is 1. The number of ketones is 1. The van der Waals surface area contributed by atoms with Crippen LogP contribution in [0, 0.1) is 5.92 Å². The quantitative estimate of drug-likeness (QED) is 0.569. The van der Waals surface area contributed by atoms with Crippen molar-refractivity contribution in [1.29, 1.82) is 0 Å². The normalized spacial score (nSPS) is 21.4. The Labute approximate surface area is 144 Å². The Kier molecular flexibility index (Phi) is 6.39. The second-order valence-electron chi connectivity index (χ2n) is 6.42. The molecule has 0 unspecified atom stereocenters. The topological polar surface area (TPSA) is 54.4 Å². The summed E-state index contributed by atoms with van der Waals surface area (Å²) in [4.78, 5) is 21.6. The summed E-state index contributed by atoms with van der Waals surface area (Å²) in [6, 6.07) is 5.74. The van der Waals surface area contributed by atoms with Gasteiger partial charge in [0.05, 0.1) is 0 Å². The van der Waals surface area contributed by atoms with Crippen molar-refractivity contribution in [3.63, 3.8) is 0 Å². The van der Waals surface area contributed by atoms with Crippen LogP contribution < -0.4 is 0 Å². The molecule has 1 aliphatic rings. The minimum Gasteiger partial charge on any atom is -0.481 e. The smallest absolute Gasteiger partial charge is 0.454 e. The van der Waals surface area contributed by atoms with Gasteiger partial charge in [0.2, 0.25) is 0 Å². The molecule has 0 bridgehead atoms. The van der Waals surface area contributed by atoms with E-state index in [1.807, 2.05) is 6.08 Å². The van der Waals surface area contributed by atoms with Gasteiger partial charge in [-0.3, -0.25) is 9.59 Å². The van der Waals surface area contributed by atoms with Crippen LogP contribution in [-0.2, 0) is 4.79 Å². The average Bonchev–Trinajstić information content (AvgIpc) is 2.58. The Hall–Kier alpha value is -2.11. The molecule has 1 N–H and O–H groups in total. The third kappa shape index (κ3) is 5.73. The van der Waals surface area contributed by atoms with Crippen molar-refractivity contribution in [2.45, 2.75) is 50.6 Å². The summed E-state index contributed by atoms with van der Waals surface area (Å²) in [7, 11) is 0. The summed E-state index contributed by atoms with van der Waals surface area (Å²) in [5.41, 5.74) is 0.637. The first-order valence-corrected chi connectivity index (χ1v) is 8.37. The average molecular weight is 354 g/mol. The Morgan fingerprint density at radius 2 is 1.68 bits per heavy atom. The van der Waals surface area contributed by atoms with E-state index in [0.29, 0.717) is 18.3 Å². The first kappa shape index (κ1) is 19.2. The Morgan fingerprint density at radius 1 is 1.08 bits per heavy atom. The summed E-state index contributed by atoms with van der Waals surface area (Å²) in [6.45, 7) is 0. The van der Waals surface area contributed by atoms with Crippen molar-refractivity contribution in [3.8, 4) is 0 Å². The Morgan fingerprint density at radius 3 is 2.20 bits per heavy atom. The van der Waals surface area contributed by atoms with Gasteiger partial charge in [0, 0.05) is 12.0 Å². The molecule has 0 atom stereocenters. The number of alkyl halides is 3. The maximum atomic E-state index is 12.4. The highest BCUT2D eigenvalue weighted by Crippen LogP contribution is 2.36. The third-order valence-corrected chi connectivity index (χ3v) is 4.61. The van der Waals surface area contributed by atoms with Crippen LogP contribution in [-0.4, -0.2) is 23.0 Å². The van der Waals surface area contributed by atoms with Crippen LogP contribution in [0.15, 0.2) is 36.4 Å². The van der Waals surface area contributed by atoms with Gasteiger partial charge in [-0.2, -0.15) is 13.2 Å². The number of rotatable bonds is 6. The van der Waals surface area contributed by atoms with Crippen LogP contribution >= 0.6 is 0 Å². The molecule has 1 saturated carbocycles. The molecule has 1 aliphatic carbocycles. The lowest BCUT2D eigenvalue weighted by atomic mass is 9.78. The highest BCUT2D eigenvalue weighted by atomic mass is 19.4. The second-order valence-corrected chi connectivity index (χ2v) is 6.42. The monoisotopic (exact) mass is 354 g/mol. The number of carboxylic acid groups (broad SMARTS) is 1. The number of aliphatic carboxylic acids is 1. The zero-order valence-electron chi connectivity index (χ0n) is 13.8. The Bertz CT molecular complexity index is 624. The molecule has 1 aromatic rings. The summed E-state index contributed by atoms with van der Waals surface area (Å²) >= 11 is 0. The molecule has 1 fully saturated rings. The van der Waals surface area contributed by atoms with Crippen molar-refractivity contribution in [2.75, 3.05) is 0 Å². The summed E-state index contributed by atoms with van der Waals surface area (Å²) in [6.07, 6.45) is 3.61. The van der Waals surface area contributed by atoms with Crippen LogP contribution in [0.3, 0.4) is 0 Å². The van der Waals surface area contributed by atoms with E-state index in [9.17, 15) is 22.8 Å². The zero-order valence-corrected chi connectivity index (χ0v) is 13.8. The van der Waals surface area contributed by atoms with E-state index in [4.69, 9.17) is 5.11 Å². The van der Waals surface area contributed by atoms with E-state index >= 15 is 0 Å². The highest BCUT2D eigenvalue weighted by Gasteiger charge is 2.39. The summed E-state index contributed by atoms with van der Waals surface area (Å²) in [5.74, 6) is -1.90. The molecule has 0 aliphatic heterocycles. The number of allylic oxidation sites excluding steroid dienone is 2. The van der Waals surface area contributed by atoms with Crippen LogP contribution in [0.25, 0.3) is 0 Å². The molecular weight excluding hydrogens is 333 g/mol. The largest absolute Gasteiger partial charge is 0.481 e. The first-order valence-electron chi connectivity index (χ1n) is 8.37.